The highest BCUT2D eigenvalue weighted by Gasteiger charge is 2.26. The Hall–Kier alpha value is -1.40. The van der Waals surface area contributed by atoms with Gasteiger partial charge < -0.3 is 9.64 Å². The first kappa shape index (κ1) is 21.3. The molecule has 0 bridgehead atoms. The lowest BCUT2D eigenvalue weighted by Gasteiger charge is -2.38. The first-order valence-corrected chi connectivity index (χ1v) is 11.2. The van der Waals surface area contributed by atoms with Crippen LogP contribution < -0.4 is 0 Å². The number of nitrogens with zero attached hydrogens (tertiary/aromatic N) is 3. The van der Waals surface area contributed by atoms with Crippen molar-refractivity contribution in [3.63, 3.8) is 0 Å². The summed E-state index contributed by atoms with van der Waals surface area (Å²) in [5.74, 6) is 0.818. The van der Waals surface area contributed by atoms with Gasteiger partial charge in [-0.15, -0.1) is 0 Å². The third-order valence-corrected chi connectivity index (χ3v) is 6.39. The van der Waals surface area contributed by atoms with Gasteiger partial charge >= 0.3 is 5.97 Å². The zero-order valence-corrected chi connectivity index (χ0v) is 17.5. The highest BCUT2D eigenvalue weighted by molar-refractivity contribution is 5.88. The van der Waals surface area contributed by atoms with E-state index in [2.05, 4.69) is 9.80 Å². The molecule has 1 saturated carbocycles. The van der Waals surface area contributed by atoms with Crippen molar-refractivity contribution in [2.75, 3.05) is 59.0 Å². The summed E-state index contributed by atoms with van der Waals surface area (Å²) in [6.45, 7) is 9.49. The van der Waals surface area contributed by atoms with Gasteiger partial charge in [0.1, 0.15) is 0 Å². The van der Waals surface area contributed by atoms with Crippen LogP contribution in [0.1, 0.15) is 51.9 Å². The van der Waals surface area contributed by atoms with E-state index in [0.29, 0.717) is 19.1 Å². The van der Waals surface area contributed by atoms with E-state index >= 15 is 0 Å². The molecule has 0 atom stereocenters. The Morgan fingerprint density at radius 3 is 2.29 bits per heavy atom. The Balaban J connectivity index is 1.33. The third-order valence-electron chi connectivity index (χ3n) is 6.39. The van der Waals surface area contributed by atoms with E-state index in [1.807, 2.05) is 17.9 Å². The normalized spacial score (nSPS) is 22.9. The molecule has 6 heteroatoms. The Labute approximate surface area is 169 Å². The maximum atomic E-state index is 12.5. The highest BCUT2D eigenvalue weighted by Crippen LogP contribution is 2.23. The van der Waals surface area contributed by atoms with Crippen LogP contribution in [-0.2, 0) is 14.3 Å². The van der Waals surface area contributed by atoms with Crippen molar-refractivity contribution in [3.8, 4) is 0 Å². The van der Waals surface area contributed by atoms with Gasteiger partial charge in [-0.1, -0.05) is 12.0 Å². The monoisotopic (exact) mass is 391 g/mol. The van der Waals surface area contributed by atoms with Crippen LogP contribution >= 0.6 is 0 Å². The fraction of sp³-hybridized carbons (Fsp3) is 0.818. The van der Waals surface area contributed by atoms with Crippen molar-refractivity contribution < 1.29 is 14.3 Å². The molecule has 28 heavy (non-hydrogen) atoms. The van der Waals surface area contributed by atoms with Gasteiger partial charge in [-0.05, 0) is 64.5 Å². The maximum absolute atomic E-state index is 12.5. The third kappa shape index (κ3) is 6.59. The average Bonchev–Trinajstić information content (AvgIpc) is 2.71. The Bertz CT molecular complexity index is 539. The lowest BCUT2D eigenvalue weighted by Crippen LogP contribution is -2.50. The molecule has 0 aromatic rings. The number of rotatable bonds is 6. The van der Waals surface area contributed by atoms with Crippen LogP contribution in [0.15, 0.2) is 11.6 Å². The number of ether oxygens (including phenoxy) is 1. The minimum Gasteiger partial charge on any atom is -0.465 e. The number of piperazine rings is 1. The second-order valence-electron chi connectivity index (χ2n) is 8.51. The maximum Gasteiger partial charge on any atom is 0.320 e. The molecule has 6 nitrogen and oxygen atoms in total. The molecule has 0 N–H and O–H groups in total. The molecule has 0 spiro atoms. The second-order valence-corrected chi connectivity index (χ2v) is 8.51. The molecule has 2 heterocycles. The van der Waals surface area contributed by atoms with E-state index in [1.165, 1.54) is 24.8 Å². The van der Waals surface area contributed by atoms with Gasteiger partial charge in [0, 0.05) is 38.8 Å². The fourth-order valence-electron chi connectivity index (χ4n) is 4.65. The molecule has 3 aliphatic rings. The van der Waals surface area contributed by atoms with Gasteiger partial charge in [0.15, 0.2) is 0 Å². The standard InChI is InChI=1S/C22H37N3O3/c1-2-28-22(27)18-23-10-8-20(9-11-23)17-24-12-14-25(15-13-24)21(26)16-19-6-4-3-5-7-19/h16,20H,2-15,17-18H2,1H3. The quantitative estimate of drug-likeness (QED) is 0.514. The number of amides is 1. The van der Waals surface area contributed by atoms with Crippen LogP contribution in [0.3, 0.4) is 0 Å². The Morgan fingerprint density at radius 1 is 0.964 bits per heavy atom. The predicted molar refractivity (Wildman–Crippen MR) is 110 cm³/mol. The van der Waals surface area contributed by atoms with Crippen molar-refractivity contribution >= 4 is 11.9 Å². The van der Waals surface area contributed by atoms with Crippen molar-refractivity contribution in [1.29, 1.82) is 0 Å². The number of esters is 1. The summed E-state index contributed by atoms with van der Waals surface area (Å²) in [5, 5.41) is 0. The summed E-state index contributed by atoms with van der Waals surface area (Å²) >= 11 is 0. The van der Waals surface area contributed by atoms with E-state index < -0.39 is 0 Å². The molecule has 0 unspecified atom stereocenters. The summed E-state index contributed by atoms with van der Waals surface area (Å²) in [6.07, 6.45) is 10.2. The average molecular weight is 392 g/mol. The minimum absolute atomic E-state index is 0.107. The molecule has 2 saturated heterocycles. The van der Waals surface area contributed by atoms with E-state index in [0.717, 1.165) is 71.5 Å². The fourth-order valence-corrected chi connectivity index (χ4v) is 4.65. The van der Waals surface area contributed by atoms with Crippen molar-refractivity contribution in [1.82, 2.24) is 14.7 Å². The van der Waals surface area contributed by atoms with Gasteiger partial charge in [-0.2, -0.15) is 0 Å². The number of hydrogen-bond donors (Lipinski definition) is 0. The predicted octanol–water partition coefficient (Wildman–Crippen LogP) is 2.30. The zero-order valence-electron chi connectivity index (χ0n) is 17.5. The molecule has 3 fully saturated rings. The molecular weight excluding hydrogens is 354 g/mol. The second kappa shape index (κ2) is 11.0. The first-order valence-electron chi connectivity index (χ1n) is 11.2. The molecule has 1 aliphatic carbocycles. The molecule has 2 aliphatic heterocycles. The van der Waals surface area contributed by atoms with E-state index in [9.17, 15) is 9.59 Å². The molecule has 0 aromatic carbocycles. The van der Waals surface area contributed by atoms with Crippen LogP contribution in [-0.4, -0.2) is 85.5 Å². The van der Waals surface area contributed by atoms with Gasteiger partial charge in [0.25, 0.3) is 0 Å². The van der Waals surface area contributed by atoms with Crippen molar-refractivity contribution in [2.24, 2.45) is 5.92 Å². The van der Waals surface area contributed by atoms with Crippen LogP contribution in [0.5, 0.6) is 0 Å². The van der Waals surface area contributed by atoms with Crippen LogP contribution in [0.25, 0.3) is 0 Å². The molecule has 0 aromatic heterocycles. The first-order chi connectivity index (χ1) is 13.6. The van der Waals surface area contributed by atoms with Crippen molar-refractivity contribution in [3.05, 3.63) is 11.6 Å². The summed E-state index contributed by atoms with van der Waals surface area (Å²) in [6, 6.07) is 0. The highest BCUT2D eigenvalue weighted by atomic mass is 16.5. The van der Waals surface area contributed by atoms with Crippen LogP contribution in [0.4, 0.5) is 0 Å². The zero-order chi connectivity index (χ0) is 19.8. The minimum atomic E-state index is -0.107. The van der Waals surface area contributed by atoms with E-state index in [4.69, 9.17) is 4.74 Å². The van der Waals surface area contributed by atoms with E-state index in [-0.39, 0.29) is 11.9 Å². The summed E-state index contributed by atoms with van der Waals surface area (Å²) in [5.41, 5.74) is 1.35. The van der Waals surface area contributed by atoms with Crippen LogP contribution in [0.2, 0.25) is 0 Å². The molecule has 0 radical (unpaired) electrons. The number of likely N-dealkylation sites (tertiary alicyclic amines) is 1. The van der Waals surface area contributed by atoms with Gasteiger partial charge in [0.05, 0.1) is 13.2 Å². The lowest BCUT2D eigenvalue weighted by molar-refractivity contribution is -0.144. The molecule has 3 rings (SSSR count). The number of carbonyl (C=O) groups is 2. The number of piperidine rings is 1. The van der Waals surface area contributed by atoms with Crippen LogP contribution in [0, 0.1) is 5.92 Å². The smallest absolute Gasteiger partial charge is 0.320 e. The lowest BCUT2D eigenvalue weighted by atomic mass is 9.94. The molecule has 158 valence electrons. The number of hydrogen-bond acceptors (Lipinski definition) is 5. The summed E-state index contributed by atoms with van der Waals surface area (Å²) in [7, 11) is 0. The van der Waals surface area contributed by atoms with Gasteiger partial charge in [-0.3, -0.25) is 19.4 Å². The summed E-state index contributed by atoms with van der Waals surface area (Å²) in [4.78, 5) is 30.9. The largest absolute Gasteiger partial charge is 0.465 e. The molecular formula is C22H37N3O3. The number of allylic oxidation sites excluding steroid dienone is 1. The van der Waals surface area contributed by atoms with Gasteiger partial charge in [-0.25, -0.2) is 0 Å². The number of carbonyl (C=O) groups excluding carboxylic acids is 2. The Kier molecular flexibility index (Phi) is 8.34. The SMILES string of the molecule is CCOC(=O)CN1CCC(CN2CCN(C(=O)C=C3CCCCC3)CC2)CC1. The van der Waals surface area contributed by atoms with E-state index in [1.54, 1.807) is 0 Å². The van der Waals surface area contributed by atoms with Crippen molar-refractivity contribution in [2.45, 2.75) is 51.9 Å². The topological polar surface area (TPSA) is 53.1 Å². The van der Waals surface area contributed by atoms with Gasteiger partial charge in [0.2, 0.25) is 5.91 Å². The summed E-state index contributed by atoms with van der Waals surface area (Å²) < 4.78 is 5.05. The molecule has 1 amide bonds. The Morgan fingerprint density at radius 2 is 1.64 bits per heavy atom.